The summed E-state index contributed by atoms with van der Waals surface area (Å²) in [6, 6.07) is 0.208. The predicted octanol–water partition coefficient (Wildman–Crippen LogP) is 2.87. The van der Waals surface area contributed by atoms with E-state index in [2.05, 4.69) is 25.8 Å². The quantitative estimate of drug-likeness (QED) is 0.733. The fourth-order valence-corrected chi connectivity index (χ4v) is 5.37. The third-order valence-corrected chi connectivity index (χ3v) is 6.77. The van der Waals surface area contributed by atoms with Crippen molar-refractivity contribution < 1.29 is 4.79 Å². The van der Waals surface area contributed by atoms with E-state index < -0.39 is 0 Å². The molecule has 0 radical (unpaired) electrons. The second-order valence-electron chi connectivity index (χ2n) is 7.10. The second-order valence-corrected chi connectivity index (χ2v) is 7.10. The molecule has 2 saturated carbocycles. The lowest BCUT2D eigenvalue weighted by molar-refractivity contribution is -0.122. The molecule has 2 atom stereocenters. The van der Waals surface area contributed by atoms with E-state index in [0.29, 0.717) is 28.4 Å². The Bertz CT molecular complexity index is 369. The van der Waals surface area contributed by atoms with Crippen LogP contribution in [0.3, 0.4) is 0 Å². The molecule has 3 fully saturated rings. The first-order valence-electron chi connectivity index (χ1n) is 7.15. The predicted molar refractivity (Wildman–Crippen MR) is 68.8 cm³/mol. The Morgan fingerprint density at radius 2 is 1.94 bits per heavy atom. The first-order chi connectivity index (χ1) is 7.92. The fourth-order valence-electron chi connectivity index (χ4n) is 5.37. The van der Waals surface area contributed by atoms with Crippen molar-refractivity contribution in [1.82, 2.24) is 4.90 Å². The van der Waals surface area contributed by atoms with Gasteiger partial charge in [-0.3, -0.25) is 9.69 Å². The molecule has 0 aromatic heterocycles. The molecule has 0 N–H and O–H groups in total. The van der Waals surface area contributed by atoms with Crippen LogP contribution in [-0.4, -0.2) is 30.3 Å². The molecule has 2 aliphatic carbocycles. The number of likely N-dealkylation sites (N-methyl/N-ethyl adjacent to an activating group) is 1. The van der Waals surface area contributed by atoms with Crippen molar-refractivity contribution >= 4 is 5.78 Å². The van der Waals surface area contributed by atoms with Crippen LogP contribution in [0.15, 0.2) is 0 Å². The van der Waals surface area contributed by atoms with Crippen LogP contribution < -0.4 is 0 Å². The van der Waals surface area contributed by atoms with Gasteiger partial charge in [0.2, 0.25) is 0 Å². The number of nitrogens with zero attached hydrogens (tertiary/aromatic N) is 1. The number of hydrogen-bond acceptors (Lipinski definition) is 2. The lowest BCUT2D eigenvalue weighted by atomic mass is 9.73. The van der Waals surface area contributed by atoms with Crippen molar-refractivity contribution in [3.8, 4) is 0 Å². The zero-order chi connectivity index (χ0) is 12.5. The molecular weight excluding hydrogens is 210 g/mol. The summed E-state index contributed by atoms with van der Waals surface area (Å²) < 4.78 is 0. The smallest absolute Gasteiger partial charge is 0.149 e. The number of hydrogen-bond donors (Lipinski definition) is 0. The van der Waals surface area contributed by atoms with Gasteiger partial charge in [-0.15, -0.1) is 0 Å². The highest BCUT2D eigenvalue weighted by molar-refractivity contribution is 5.84. The molecule has 17 heavy (non-hydrogen) atoms. The standard InChI is InChI=1S/C15H25NO/c1-5-12(17)11-9-15(10-16(11)4)13(2,3)14(15)7-6-8-14/h11H,5-10H2,1-4H3/t11-,15+/m0/s1. The van der Waals surface area contributed by atoms with Crippen LogP contribution in [0.4, 0.5) is 0 Å². The van der Waals surface area contributed by atoms with Gasteiger partial charge in [-0.05, 0) is 42.6 Å². The van der Waals surface area contributed by atoms with Crippen LogP contribution in [-0.2, 0) is 4.79 Å². The highest BCUT2D eigenvalue weighted by Crippen LogP contribution is 2.88. The van der Waals surface area contributed by atoms with Crippen LogP contribution in [0.25, 0.3) is 0 Å². The van der Waals surface area contributed by atoms with Crippen LogP contribution in [0.2, 0.25) is 0 Å². The number of likely N-dealkylation sites (tertiary alicyclic amines) is 1. The Hall–Kier alpha value is -0.370. The van der Waals surface area contributed by atoms with Crippen molar-refractivity contribution in [3.63, 3.8) is 0 Å². The van der Waals surface area contributed by atoms with E-state index in [1.54, 1.807) is 0 Å². The third-order valence-electron chi connectivity index (χ3n) is 6.77. The molecule has 0 aromatic carbocycles. The maximum absolute atomic E-state index is 12.0. The lowest BCUT2D eigenvalue weighted by Crippen LogP contribution is -2.32. The Morgan fingerprint density at radius 3 is 2.35 bits per heavy atom. The fraction of sp³-hybridized carbons (Fsp3) is 0.933. The van der Waals surface area contributed by atoms with Gasteiger partial charge in [0.05, 0.1) is 6.04 Å². The molecule has 1 saturated heterocycles. The summed E-state index contributed by atoms with van der Waals surface area (Å²) in [5.41, 5.74) is 1.52. The van der Waals surface area contributed by atoms with Gasteiger partial charge in [0.25, 0.3) is 0 Å². The van der Waals surface area contributed by atoms with Crippen LogP contribution in [0.1, 0.15) is 52.9 Å². The Kier molecular flexibility index (Phi) is 2.16. The summed E-state index contributed by atoms with van der Waals surface area (Å²) in [7, 11) is 2.15. The third kappa shape index (κ3) is 1.05. The largest absolute Gasteiger partial charge is 0.298 e. The van der Waals surface area contributed by atoms with Crippen LogP contribution >= 0.6 is 0 Å². The van der Waals surface area contributed by atoms with E-state index in [1.807, 2.05) is 6.92 Å². The minimum Gasteiger partial charge on any atom is -0.298 e. The van der Waals surface area contributed by atoms with Crippen molar-refractivity contribution in [2.24, 2.45) is 16.2 Å². The molecule has 2 heteroatoms. The van der Waals surface area contributed by atoms with Gasteiger partial charge < -0.3 is 0 Å². The molecular formula is C15H25NO. The van der Waals surface area contributed by atoms with E-state index in [-0.39, 0.29) is 6.04 Å². The van der Waals surface area contributed by atoms with Gasteiger partial charge in [0.15, 0.2) is 0 Å². The van der Waals surface area contributed by atoms with E-state index in [4.69, 9.17) is 0 Å². The van der Waals surface area contributed by atoms with Crippen molar-refractivity contribution in [2.45, 2.75) is 58.9 Å². The maximum atomic E-state index is 12.0. The number of ketones is 1. The van der Waals surface area contributed by atoms with Crippen molar-refractivity contribution in [1.29, 1.82) is 0 Å². The Labute approximate surface area is 105 Å². The van der Waals surface area contributed by atoms with E-state index >= 15 is 0 Å². The van der Waals surface area contributed by atoms with Crippen LogP contribution in [0.5, 0.6) is 0 Å². The summed E-state index contributed by atoms with van der Waals surface area (Å²) in [5.74, 6) is 0.446. The molecule has 0 unspecified atom stereocenters. The first-order valence-corrected chi connectivity index (χ1v) is 7.15. The summed E-state index contributed by atoms with van der Waals surface area (Å²) in [4.78, 5) is 14.4. The molecule has 3 aliphatic rings. The van der Waals surface area contributed by atoms with Gasteiger partial charge in [-0.25, -0.2) is 0 Å². The highest BCUT2D eigenvalue weighted by Gasteiger charge is 2.84. The molecule has 0 amide bonds. The molecule has 96 valence electrons. The number of Topliss-reactive ketones (excluding diaryl/α,β-unsaturated/α-hetero) is 1. The van der Waals surface area contributed by atoms with Gasteiger partial charge in [0.1, 0.15) is 5.78 Å². The van der Waals surface area contributed by atoms with Gasteiger partial charge in [-0.1, -0.05) is 27.2 Å². The van der Waals surface area contributed by atoms with Crippen molar-refractivity contribution in [2.75, 3.05) is 13.6 Å². The van der Waals surface area contributed by atoms with Gasteiger partial charge in [-0.2, -0.15) is 0 Å². The molecule has 0 bridgehead atoms. The summed E-state index contributed by atoms with van der Waals surface area (Å²) >= 11 is 0. The SMILES string of the molecule is CCC(=O)[C@@H]1C[C@@]2(CN1C)C(C)(C)C21CCC1. The average molecular weight is 235 g/mol. The number of fused-ring (bicyclic) bond motifs is 1. The minimum absolute atomic E-state index is 0.208. The number of rotatable bonds is 2. The first kappa shape index (κ1) is 11.7. The molecule has 2 spiro atoms. The molecule has 3 rings (SSSR count). The number of carbonyl (C=O) groups is 1. The van der Waals surface area contributed by atoms with E-state index in [0.717, 1.165) is 13.0 Å². The van der Waals surface area contributed by atoms with E-state index in [1.165, 1.54) is 19.3 Å². The minimum atomic E-state index is 0.208. The lowest BCUT2D eigenvalue weighted by Gasteiger charge is -2.32. The van der Waals surface area contributed by atoms with Crippen molar-refractivity contribution in [3.05, 3.63) is 0 Å². The average Bonchev–Trinajstić information content (AvgIpc) is 2.50. The Morgan fingerprint density at radius 1 is 1.29 bits per heavy atom. The highest BCUT2D eigenvalue weighted by atomic mass is 16.1. The number of carbonyl (C=O) groups excluding carboxylic acids is 1. The zero-order valence-corrected chi connectivity index (χ0v) is 11.7. The normalized spacial score (nSPS) is 41.8. The Balaban J connectivity index is 1.87. The monoisotopic (exact) mass is 235 g/mol. The molecule has 1 aliphatic heterocycles. The molecule has 2 nitrogen and oxygen atoms in total. The topological polar surface area (TPSA) is 20.3 Å². The molecule has 1 heterocycles. The summed E-state index contributed by atoms with van der Waals surface area (Å²) in [6.45, 7) is 8.03. The maximum Gasteiger partial charge on any atom is 0.149 e. The van der Waals surface area contributed by atoms with E-state index in [9.17, 15) is 4.79 Å². The summed E-state index contributed by atoms with van der Waals surface area (Å²) in [5, 5.41) is 0. The van der Waals surface area contributed by atoms with Gasteiger partial charge >= 0.3 is 0 Å². The molecule has 0 aromatic rings. The second kappa shape index (κ2) is 3.14. The zero-order valence-electron chi connectivity index (χ0n) is 11.7. The van der Waals surface area contributed by atoms with Crippen LogP contribution in [0, 0.1) is 16.2 Å². The van der Waals surface area contributed by atoms with Gasteiger partial charge in [0, 0.05) is 13.0 Å². The summed E-state index contributed by atoms with van der Waals surface area (Å²) in [6.07, 6.45) is 6.03.